The van der Waals surface area contributed by atoms with Crippen molar-refractivity contribution < 1.29 is 4.74 Å². The predicted molar refractivity (Wildman–Crippen MR) is 71.2 cm³/mol. The van der Waals surface area contributed by atoms with Crippen LogP contribution in [-0.2, 0) is 4.74 Å². The van der Waals surface area contributed by atoms with Crippen LogP contribution in [0.25, 0.3) is 0 Å². The largest absolute Gasteiger partial charge is 0.378 e. The Bertz CT molecular complexity index is 411. The van der Waals surface area contributed by atoms with Crippen LogP contribution in [-0.4, -0.2) is 49.4 Å². The molecule has 0 aromatic carbocycles. The summed E-state index contributed by atoms with van der Waals surface area (Å²) in [7, 11) is 0. The van der Waals surface area contributed by atoms with E-state index in [1.807, 2.05) is 6.92 Å². The maximum Gasteiger partial charge on any atom is 0.227 e. The topological polar surface area (TPSA) is 41.5 Å². The average Bonchev–Trinajstić information content (AvgIpc) is 2.93. The predicted octanol–water partition coefficient (Wildman–Crippen LogP) is 1.22. The van der Waals surface area contributed by atoms with Crippen molar-refractivity contribution in [2.24, 2.45) is 0 Å². The van der Waals surface area contributed by atoms with Crippen molar-refractivity contribution in [3.8, 4) is 0 Å². The van der Waals surface area contributed by atoms with Crippen LogP contribution in [0.15, 0.2) is 6.07 Å². The van der Waals surface area contributed by atoms with Crippen LogP contribution in [0.4, 0.5) is 11.8 Å². The van der Waals surface area contributed by atoms with Gasteiger partial charge in [0, 0.05) is 37.9 Å². The Morgan fingerprint density at radius 1 is 1.00 bits per heavy atom. The Hall–Kier alpha value is -1.36. The number of aryl methyl sites for hydroxylation is 1. The molecule has 0 amide bonds. The molecule has 0 atom stereocenters. The smallest absolute Gasteiger partial charge is 0.227 e. The lowest BCUT2D eigenvalue weighted by atomic mass is 10.4. The number of anilines is 2. The van der Waals surface area contributed by atoms with Crippen LogP contribution >= 0.6 is 0 Å². The molecule has 2 aliphatic rings. The number of ether oxygens (including phenoxy) is 1. The summed E-state index contributed by atoms with van der Waals surface area (Å²) in [6.07, 6.45) is 2.55. The Balaban J connectivity index is 1.84. The van der Waals surface area contributed by atoms with E-state index in [-0.39, 0.29) is 0 Å². The third kappa shape index (κ3) is 2.41. The molecule has 0 aliphatic carbocycles. The molecule has 0 N–H and O–H groups in total. The zero-order valence-electron chi connectivity index (χ0n) is 10.9. The molecular formula is C13H20N4O. The average molecular weight is 248 g/mol. The minimum Gasteiger partial charge on any atom is -0.378 e. The number of morpholine rings is 1. The summed E-state index contributed by atoms with van der Waals surface area (Å²) >= 11 is 0. The molecule has 1 aromatic heterocycles. The minimum atomic E-state index is 0.774. The highest BCUT2D eigenvalue weighted by atomic mass is 16.5. The molecule has 3 heterocycles. The summed E-state index contributed by atoms with van der Waals surface area (Å²) in [6, 6.07) is 2.09. The van der Waals surface area contributed by atoms with Crippen molar-refractivity contribution in [1.82, 2.24) is 9.97 Å². The zero-order valence-corrected chi connectivity index (χ0v) is 10.9. The fourth-order valence-electron chi connectivity index (χ4n) is 2.55. The standard InChI is InChI=1S/C13H20N4O/c1-11-10-12(16-4-2-3-5-16)15-13(14-11)17-6-8-18-9-7-17/h10H,2-9H2,1H3. The van der Waals surface area contributed by atoms with Gasteiger partial charge in [-0.05, 0) is 19.8 Å². The summed E-state index contributed by atoms with van der Waals surface area (Å²) in [5.74, 6) is 1.95. The van der Waals surface area contributed by atoms with Gasteiger partial charge in [0.1, 0.15) is 5.82 Å². The number of rotatable bonds is 2. The van der Waals surface area contributed by atoms with Crippen molar-refractivity contribution >= 4 is 11.8 Å². The Labute approximate surface area is 108 Å². The lowest BCUT2D eigenvalue weighted by Gasteiger charge is -2.28. The molecule has 98 valence electrons. The number of aromatic nitrogens is 2. The second kappa shape index (κ2) is 5.10. The number of hydrogen-bond donors (Lipinski definition) is 0. The highest BCUT2D eigenvalue weighted by Gasteiger charge is 2.18. The number of nitrogens with zero attached hydrogens (tertiary/aromatic N) is 4. The number of hydrogen-bond acceptors (Lipinski definition) is 5. The van der Waals surface area contributed by atoms with Crippen molar-refractivity contribution in [3.05, 3.63) is 11.8 Å². The lowest BCUT2D eigenvalue weighted by Crippen LogP contribution is -2.37. The first-order valence-electron chi connectivity index (χ1n) is 6.76. The molecule has 3 rings (SSSR count). The Morgan fingerprint density at radius 2 is 1.72 bits per heavy atom. The highest BCUT2D eigenvalue weighted by molar-refractivity contribution is 5.46. The van der Waals surface area contributed by atoms with Crippen molar-refractivity contribution in [3.63, 3.8) is 0 Å². The first-order chi connectivity index (χ1) is 8.83. The molecule has 0 spiro atoms. The Morgan fingerprint density at radius 3 is 2.44 bits per heavy atom. The van der Waals surface area contributed by atoms with Crippen LogP contribution in [0.2, 0.25) is 0 Å². The maximum absolute atomic E-state index is 5.37. The van der Waals surface area contributed by atoms with Crippen LogP contribution < -0.4 is 9.80 Å². The van der Waals surface area contributed by atoms with Gasteiger partial charge >= 0.3 is 0 Å². The van der Waals surface area contributed by atoms with Gasteiger partial charge in [0.05, 0.1) is 13.2 Å². The van der Waals surface area contributed by atoms with E-state index in [2.05, 4.69) is 20.9 Å². The van der Waals surface area contributed by atoms with Gasteiger partial charge in [-0.25, -0.2) is 4.98 Å². The summed E-state index contributed by atoms with van der Waals surface area (Å²) in [5, 5.41) is 0. The molecule has 2 saturated heterocycles. The molecule has 0 saturated carbocycles. The van der Waals surface area contributed by atoms with Crippen molar-refractivity contribution in [1.29, 1.82) is 0 Å². The van der Waals surface area contributed by atoms with Gasteiger partial charge < -0.3 is 14.5 Å². The third-order valence-corrected chi connectivity index (χ3v) is 3.55. The normalized spacial score (nSPS) is 20.5. The van der Waals surface area contributed by atoms with Crippen LogP contribution in [0.5, 0.6) is 0 Å². The minimum absolute atomic E-state index is 0.774. The first kappa shape index (κ1) is 11.7. The van der Waals surface area contributed by atoms with Gasteiger partial charge in [-0.2, -0.15) is 4.98 Å². The monoisotopic (exact) mass is 248 g/mol. The lowest BCUT2D eigenvalue weighted by molar-refractivity contribution is 0.122. The molecule has 0 bridgehead atoms. The van der Waals surface area contributed by atoms with Crippen LogP contribution in [0.1, 0.15) is 18.5 Å². The van der Waals surface area contributed by atoms with E-state index >= 15 is 0 Å². The highest BCUT2D eigenvalue weighted by Crippen LogP contribution is 2.21. The van der Waals surface area contributed by atoms with E-state index in [0.717, 1.165) is 56.9 Å². The molecule has 0 unspecified atom stereocenters. The van der Waals surface area contributed by atoms with E-state index in [1.54, 1.807) is 0 Å². The van der Waals surface area contributed by atoms with Gasteiger partial charge in [-0.15, -0.1) is 0 Å². The maximum atomic E-state index is 5.37. The molecule has 0 radical (unpaired) electrons. The first-order valence-corrected chi connectivity index (χ1v) is 6.76. The molecule has 18 heavy (non-hydrogen) atoms. The van der Waals surface area contributed by atoms with E-state index in [1.165, 1.54) is 12.8 Å². The SMILES string of the molecule is Cc1cc(N2CCCC2)nc(N2CCOCC2)n1. The van der Waals surface area contributed by atoms with Crippen LogP contribution in [0, 0.1) is 6.92 Å². The zero-order chi connectivity index (χ0) is 12.4. The summed E-state index contributed by atoms with van der Waals surface area (Å²) in [4.78, 5) is 13.9. The quantitative estimate of drug-likeness (QED) is 0.787. The van der Waals surface area contributed by atoms with E-state index < -0.39 is 0 Å². The van der Waals surface area contributed by atoms with Gasteiger partial charge in [0.25, 0.3) is 0 Å². The van der Waals surface area contributed by atoms with E-state index in [0.29, 0.717) is 0 Å². The summed E-state index contributed by atoms with van der Waals surface area (Å²) in [5.41, 5.74) is 1.05. The summed E-state index contributed by atoms with van der Waals surface area (Å²) in [6.45, 7) is 7.63. The van der Waals surface area contributed by atoms with Gasteiger partial charge in [0.15, 0.2) is 0 Å². The second-order valence-corrected chi connectivity index (χ2v) is 4.96. The van der Waals surface area contributed by atoms with Gasteiger partial charge in [0.2, 0.25) is 5.95 Å². The third-order valence-electron chi connectivity index (χ3n) is 3.55. The molecular weight excluding hydrogens is 228 g/mol. The Kier molecular flexibility index (Phi) is 3.32. The fraction of sp³-hybridized carbons (Fsp3) is 0.692. The second-order valence-electron chi connectivity index (χ2n) is 4.96. The molecule has 5 nitrogen and oxygen atoms in total. The molecule has 2 aliphatic heterocycles. The van der Waals surface area contributed by atoms with Gasteiger partial charge in [-0.3, -0.25) is 0 Å². The van der Waals surface area contributed by atoms with E-state index in [4.69, 9.17) is 9.72 Å². The molecule has 1 aromatic rings. The van der Waals surface area contributed by atoms with E-state index in [9.17, 15) is 0 Å². The molecule has 5 heteroatoms. The van der Waals surface area contributed by atoms with Crippen LogP contribution in [0.3, 0.4) is 0 Å². The van der Waals surface area contributed by atoms with Gasteiger partial charge in [-0.1, -0.05) is 0 Å². The molecule has 2 fully saturated rings. The summed E-state index contributed by atoms with van der Waals surface area (Å²) < 4.78 is 5.37. The van der Waals surface area contributed by atoms with Crippen molar-refractivity contribution in [2.75, 3.05) is 49.2 Å². The van der Waals surface area contributed by atoms with Crippen molar-refractivity contribution in [2.45, 2.75) is 19.8 Å². The fourth-order valence-corrected chi connectivity index (χ4v) is 2.55.